The standard InChI is InChI=1S/C46H30N2/c1-3-17-35(18-4-1)46(36-19-5-2-6-20-36)39-22-9-8-21-37(39)38-27-26-32(29-40(38)46)31-15-13-16-34(28-31)45-44-30-33-14-7-11-24-42(33)48(44)43-25-12-10-23-41(43)47-45/h1-30H. The zero-order chi connectivity index (χ0) is 31.7. The summed E-state index contributed by atoms with van der Waals surface area (Å²) >= 11 is 0. The molecule has 7 aromatic carbocycles. The Morgan fingerprint density at radius 3 is 1.83 bits per heavy atom. The summed E-state index contributed by atoms with van der Waals surface area (Å²) in [7, 11) is 0. The smallest absolute Gasteiger partial charge is 0.0951 e. The quantitative estimate of drug-likeness (QED) is 0.194. The highest BCUT2D eigenvalue weighted by atomic mass is 14.9. The van der Waals surface area contributed by atoms with Crippen LogP contribution in [0.3, 0.4) is 0 Å². The van der Waals surface area contributed by atoms with Gasteiger partial charge in [0.25, 0.3) is 0 Å². The van der Waals surface area contributed by atoms with Gasteiger partial charge >= 0.3 is 0 Å². The van der Waals surface area contributed by atoms with Crippen LogP contribution in [0.5, 0.6) is 0 Å². The highest BCUT2D eigenvalue weighted by molar-refractivity contribution is 5.99. The number of hydrogen-bond donors (Lipinski definition) is 0. The molecule has 1 aliphatic carbocycles. The molecule has 0 N–H and O–H groups in total. The summed E-state index contributed by atoms with van der Waals surface area (Å²) in [6.07, 6.45) is 0. The highest BCUT2D eigenvalue weighted by Gasteiger charge is 2.46. The van der Waals surface area contributed by atoms with Gasteiger partial charge in [0.05, 0.1) is 33.2 Å². The van der Waals surface area contributed by atoms with Crippen molar-refractivity contribution in [1.29, 1.82) is 0 Å². The summed E-state index contributed by atoms with van der Waals surface area (Å²) in [5.74, 6) is 0. The third-order valence-corrected chi connectivity index (χ3v) is 10.2. The van der Waals surface area contributed by atoms with Gasteiger partial charge in [-0.3, -0.25) is 0 Å². The van der Waals surface area contributed by atoms with Gasteiger partial charge in [0.1, 0.15) is 0 Å². The molecule has 0 spiro atoms. The molecule has 0 radical (unpaired) electrons. The molecule has 0 unspecified atom stereocenters. The lowest BCUT2D eigenvalue weighted by molar-refractivity contribution is 0.769. The molecular formula is C46H30N2. The average molecular weight is 611 g/mol. The van der Waals surface area contributed by atoms with E-state index in [9.17, 15) is 0 Å². The number of aromatic nitrogens is 2. The maximum atomic E-state index is 5.27. The van der Waals surface area contributed by atoms with Crippen LogP contribution in [0.25, 0.3) is 61.0 Å². The number of benzene rings is 7. The molecule has 1 aliphatic rings. The first-order valence-corrected chi connectivity index (χ1v) is 16.6. The molecule has 0 saturated carbocycles. The first-order chi connectivity index (χ1) is 23.8. The Kier molecular flexibility index (Phi) is 5.82. The monoisotopic (exact) mass is 610 g/mol. The molecule has 0 bridgehead atoms. The van der Waals surface area contributed by atoms with E-state index in [2.05, 4.69) is 186 Å². The maximum Gasteiger partial charge on any atom is 0.0951 e. The Morgan fingerprint density at radius 1 is 0.396 bits per heavy atom. The van der Waals surface area contributed by atoms with E-state index in [1.54, 1.807) is 0 Å². The minimum atomic E-state index is -0.430. The normalized spacial score (nSPS) is 13.2. The first kappa shape index (κ1) is 26.9. The van der Waals surface area contributed by atoms with Crippen LogP contribution in [0.4, 0.5) is 0 Å². The summed E-state index contributed by atoms with van der Waals surface area (Å²) in [6, 6.07) is 66.2. The van der Waals surface area contributed by atoms with Gasteiger partial charge in [-0.05, 0) is 80.9 Å². The van der Waals surface area contributed by atoms with Gasteiger partial charge in [0.15, 0.2) is 0 Å². The summed E-state index contributed by atoms with van der Waals surface area (Å²) < 4.78 is 2.36. The topological polar surface area (TPSA) is 17.3 Å². The molecule has 224 valence electrons. The second-order valence-electron chi connectivity index (χ2n) is 12.7. The largest absolute Gasteiger partial charge is 0.306 e. The van der Waals surface area contributed by atoms with Gasteiger partial charge < -0.3 is 4.40 Å². The Hall–Kier alpha value is -6.25. The van der Waals surface area contributed by atoms with Gasteiger partial charge in [-0.2, -0.15) is 0 Å². The lowest BCUT2D eigenvalue weighted by atomic mass is 9.67. The van der Waals surface area contributed by atoms with Crippen LogP contribution in [0.2, 0.25) is 0 Å². The molecule has 2 heterocycles. The number of fused-ring (bicyclic) bond motifs is 8. The SMILES string of the molecule is c1ccc(C2(c3ccccc3)c3ccccc3-c3ccc(-c4cccc(-c5nc6ccccc6n6c5cc5ccccc56)c4)cc32)cc1. The third-order valence-electron chi connectivity index (χ3n) is 10.2. The van der Waals surface area contributed by atoms with Crippen LogP contribution < -0.4 is 0 Å². The van der Waals surface area contributed by atoms with Crippen molar-refractivity contribution < 1.29 is 0 Å². The van der Waals surface area contributed by atoms with Crippen molar-refractivity contribution in [2.45, 2.75) is 5.41 Å². The number of hydrogen-bond acceptors (Lipinski definition) is 1. The van der Waals surface area contributed by atoms with Gasteiger partial charge in [0.2, 0.25) is 0 Å². The third kappa shape index (κ3) is 3.77. The Bertz CT molecular complexity index is 2630. The summed E-state index contributed by atoms with van der Waals surface area (Å²) in [5, 5.41) is 1.21. The van der Waals surface area contributed by atoms with E-state index < -0.39 is 5.41 Å². The van der Waals surface area contributed by atoms with Gasteiger partial charge in [0, 0.05) is 10.9 Å². The van der Waals surface area contributed by atoms with E-state index >= 15 is 0 Å². The van der Waals surface area contributed by atoms with Crippen LogP contribution in [0, 0.1) is 0 Å². The summed E-state index contributed by atoms with van der Waals surface area (Å²) in [6.45, 7) is 0. The van der Waals surface area contributed by atoms with Crippen molar-refractivity contribution in [3.8, 4) is 33.5 Å². The zero-order valence-corrected chi connectivity index (χ0v) is 26.2. The van der Waals surface area contributed by atoms with Crippen molar-refractivity contribution in [2.24, 2.45) is 0 Å². The van der Waals surface area contributed by atoms with Gasteiger partial charge in [-0.15, -0.1) is 0 Å². The van der Waals surface area contributed by atoms with Crippen molar-refractivity contribution in [1.82, 2.24) is 9.38 Å². The van der Waals surface area contributed by atoms with Gasteiger partial charge in [-0.1, -0.05) is 146 Å². The predicted octanol–water partition coefficient (Wildman–Crippen LogP) is 11.3. The van der Waals surface area contributed by atoms with Crippen molar-refractivity contribution in [3.63, 3.8) is 0 Å². The molecule has 0 amide bonds. The Balaban J connectivity index is 1.20. The molecule has 2 aromatic heterocycles. The zero-order valence-electron chi connectivity index (χ0n) is 26.2. The maximum absolute atomic E-state index is 5.27. The number of nitrogens with zero attached hydrogens (tertiary/aromatic N) is 2. The molecule has 9 aromatic rings. The molecule has 2 nitrogen and oxygen atoms in total. The predicted molar refractivity (Wildman–Crippen MR) is 198 cm³/mol. The average Bonchev–Trinajstić information content (AvgIpc) is 3.70. The van der Waals surface area contributed by atoms with E-state index in [1.807, 2.05) is 0 Å². The summed E-state index contributed by atoms with van der Waals surface area (Å²) in [4.78, 5) is 5.27. The number of rotatable bonds is 4. The fourth-order valence-electron chi connectivity index (χ4n) is 8.20. The highest BCUT2D eigenvalue weighted by Crippen LogP contribution is 2.56. The molecule has 48 heavy (non-hydrogen) atoms. The minimum Gasteiger partial charge on any atom is -0.306 e. The van der Waals surface area contributed by atoms with Crippen LogP contribution in [-0.2, 0) is 5.41 Å². The summed E-state index contributed by atoms with van der Waals surface area (Å²) in [5.41, 5.74) is 16.2. The molecular weight excluding hydrogens is 581 g/mol. The van der Waals surface area contributed by atoms with Crippen molar-refractivity contribution in [3.05, 3.63) is 204 Å². The van der Waals surface area contributed by atoms with Crippen LogP contribution in [0.15, 0.2) is 182 Å². The van der Waals surface area contributed by atoms with Crippen LogP contribution in [0.1, 0.15) is 22.3 Å². The molecule has 10 rings (SSSR count). The fourth-order valence-corrected chi connectivity index (χ4v) is 8.20. The molecule has 0 saturated heterocycles. The second-order valence-corrected chi connectivity index (χ2v) is 12.7. The fraction of sp³-hybridized carbons (Fsp3) is 0.0217. The lowest BCUT2D eigenvalue weighted by Crippen LogP contribution is -2.28. The van der Waals surface area contributed by atoms with E-state index in [4.69, 9.17) is 4.98 Å². The van der Waals surface area contributed by atoms with E-state index in [0.717, 1.165) is 27.8 Å². The molecule has 0 fully saturated rings. The van der Waals surface area contributed by atoms with E-state index in [1.165, 1.54) is 55.4 Å². The van der Waals surface area contributed by atoms with Crippen molar-refractivity contribution >= 4 is 27.5 Å². The molecule has 2 heteroatoms. The second kappa shape index (κ2) is 10.4. The molecule has 0 atom stereocenters. The lowest BCUT2D eigenvalue weighted by Gasteiger charge is -2.34. The van der Waals surface area contributed by atoms with Crippen molar-refractivity contribution in [2.75, 3.05) is 0 Å². The van der Waals surface area contributed by atoms with Gasteiger partial charge in [-0.25, -0.2) is 4.98 Å². The van der Waals surface area contributed by atoms with Crippen LogP contribution >= 0.6 is 0 Å². The Morgan fingerprint density at radius 2 is 1.02 bits per heavy atom. The van der Waals surface area contributed by atoms with E-state index in [0.29, 0.717) is 0 Å². The number of para-hydroxylation sites is 3. The first-order valence-electron chi connectivity index (χ1n) is 16.6. The van der Waals surface area contributed by atoms with E-state index in [-0.39, 0.29) is 0 Å². The van der Waals surface area contributed by atoms with Crippen LogP contribution in [-0.4, -0.2) is 9.38 Å². The minimum absolute atomic E-state index is 0.430. The molecule has 0 aliphatic heterocycles. The Labute approximate surface area is 279 Å².